The molecule has 0 saturated carbocycles. The molecule has 1 N–H and O–H groups in total. The first-order valence-corrected chi connectivity index (χ1v) is 4.49. The van der Waals surface area contributed by atoms with Gasteiger partial charge in [-0.25, -0.2) is 4.79 Å². The number of fused-ring (bicyclic) bond motifs is 1. The fourth-order valence-corrected chi connectivity index (χ4v) is 1.37. The average Bonchev–Trinajstić information content (AvgIpc) is 2.72. The highest BCUT2D eigenvalue weighted by atomic mass is 16.5. The normalized spacial score (nSPS) is 9.80. The highest BCUT2D eigenvalue weighted by Crippen LogP contribution is 2.14. The number of rotatable bonds is 2. The molecule has 0 aliphatic heterocycles. The van der Waals surface area contributed by atoms with Crippen molar-refractivity contribution in [3.63, 3.8) is 0 Å². The number of H-pyrrole nitrogens is 1. The van der Waals surface area contributed by atoms with Gasteiger partial charge in [-0.3, -0.25) is 0 Å². The molecule has 1 heterocycles. The molecule has 0 unspecified atom stereocenters. The average molecular weight is 199 g/mol. The van der Waals surface area contributed by atoms with Gasteiger partial charge < -0.3 is 9.72 Å². The fourth-order valence-electron chi connectivity index (χ4n) is 1.37. The van der Waals surface area contributed by atoms with Gasteiger partial charge in [-0.05, 0) is 24.3 Å². The summed E-state index contributed by atoms with van der Waals surface area (Å²) in [6.07, 6.45) is 6.82. The van der Waals surface area contributed by atoms with E-state index in [1.54, 1.807) is 12.1 Å². The van der Waals surface area contributed by atoms with Gasteiger partial charge in [-0.15, -0.1) is 6.42 Å². The summed E-state index contributed by atoms with van der Waals surface area (Å²) in [4.78, 5) is 14.5. The van der Waals surface area contributed by atoms with E-state index in [1.165, 1.54) is 0 Å². The van der Waals surface area contributed by atoms with Crippen LogP contribution in [0.2, 0.25) is 0 Å². The van der Waals surface area contributed by atoms with Crippen molar-refractivity contribution in [3.05, 3.63) is 36.0 Å². The van der Waals surface area contributed by atoms with E-state index in [4.69, 9.17) is 11.2 Å². The molecule has 0 aliphatic carbocycles. The molecule has 0 radical (unpaired) electrons. The topological polar surface area (TPSA) is 42.1 Å². The summed E-state index contributed by atoms with van der Waals surface area (Å²) in [5, 5.41) is 0.977. The molecule has 0 atom stereocenters. The zero-order valence-corrected chi connectivity index (χ0v) is 7.99. The van der Waals surface area contributed by atoms with Gasteiger partial charge in [0.1, 0.15) is 0 Å². The Kier molecular flexibility index (Phi) is 2.42. The van der Waals surface area contributed by atoms with Gasteiger partial charge in [-0.1, -0.05) is 5.92 Å². The third-order valence-corrected chi connectivity index (χ3v) is 2.08. The number of benzene rings is 1. The van der Waals surface area contributed by atoms with Crippen molar-refractivity contribution in [2.45, 2.75) is 0 Å². The maximum Gasteiger partial charge on any atom is 0.339 e. The molecule has 1 aromatic carbocycles. The quantitative estimate of drug-likeness (QED) is 0.593. The van der Waals surface area contributed by atoms with Gasteiger partial charge in [0.2, 0.25) is 0 Å². The number of hydrogen-bond acceptors (Lipinski definition) is 2. The lowest BCUT2D eigenvalue weighted by Crippen LogP contribution is -2.04. The first-order valence-electron chi connectivity index (χ1n) is 4.49. The summed E-state index contributed by atoms with van der Waals surface area (Å²) in [5.74, 6) is 1.86. The van der Waals surface area contributed by atoms with E-state index in [0.717, 1.165) is 10.9 Å². The Morgan fingerprint density at radius 2 is 2.33 bits per heavy atom. The molecule has 0 saturated heterocycles. The fraction of sp³-hybridized carbons (Fsp3) is 0.0833. The maximum atomic E-state index is 11.4. The summed E-state index contributed by atoms with van der Waals surface area (Å²) < 4.78 is 4.82. The minimum atomic E-state index is -0.393. The highest BCUT2D eigenvalue weighted by molar-refractivity contribution is 5.94. The Hall–Kier alpha value is -2.21. The smallest absolute Gasteiger partial charge is 0.339 e. The molecule has 0 amide bonds. The van der Waals surface area contributed by atoms with Crippen LogP contribution in [0.15, 0.2) is 30.5 Å². The first-order chi connectivity index (χ1) is 7.31. The molecule has 0 fully saturated rings. The lowest BCUT2D eigenvalue weighted by atomic mass is 10.1. The van der Waals surface area contributed by atoms with Crippen LogP contribution in [0.3, 0.4) is 0 Å². The Morgan fingerprint density at radius 1 is 1.47 bits per heavy atom. The number of aromatic amines is 1. The predicted molar refractivity (Wildman–Crippen MR) is 57.4 cm³/mol. The minimum absolute atomic E-state index is 0.00398. The molecular formula is C12H9NO2. The van der Waals surface area contributed by atoms with Gasteiger partial charge in [0.25, 0.3) is 0 Å². The van der Waals surface area contributed by atoms with Crippen LogP contribution in [0.5, 0.6) is 0 Å². The van der Waals surface area contributed by atoms with Crippen LogP contribution >= 0.6 is 0 Å². The number of carbonyl (C=O) groups excluding carboxylic acids is 1. The molecule has 0 bridgehead atoms. The second-order valence-electron chi connectivity index (χ2n) is 3.06. The van der Waals surface area contributed by atoms with Crippen LogP contribution in [-0.2, 0) is 4.74 Å². The molecule has 3 heteroatoms. The molecule has 0 aliphatic rings. The van der Waals surface area contributed by atoms with Crippen molar-refractivity contribution >= 4 is 16.9 Å². The van der Waals surface area contributed by atoms with Crippen LogP contribution in [0.4, 0.5) is 0 Å². The molecule has 2 aromatic rings. The summed E-state index contributed by atoms with van der Waals surface area (Å²) in [6, 6.07) is 7.21. The largest absolute Gasteiger partial charge is 0.449 e. The zero-order valence-electron chi connectivity index (χ0n) is 7.99. The lowest BCUT2D eigenvalue weighted by molar-refractivity contribution is 0.0557. The maximum absolute atomic E-state index is 11.4. The number of nitrogens with one attached hydrogen (secondary N) is 1. The van der Waals surface area contributed by atoms with E-state index in [-0.39, 0.29) is 6.61 Å². The van der Waals surface area contributed by atoms with Crippen molar-refractivity contribution in [1.29, 1.82) is 0 Å². The Labute approximate surface area is 87.1 Å². The minimum Gasteiger partial charge on any atom is -0.449 e. The monoisotopic (exact) mass is 199 g/mol. The molecular weight excluding hydrogens is 190 g/mol. The first kappa shape index (κ1) is 9.35. The van der Waals surface area contributed by atoms with Gasteiger partial charge in [-0.2, -0.15) is 0 Å². The molecule has 74 valence electrons. The van der Waals surface area contributed by atoms with Crippen LogP contribution < -0.4 is 0 Å². The number of esters is 1. The van der Waals surface area contributed by atoms with E-state index < -0.39 is 5.97 Å². The lowest BCUT2D eigenvalue weighted by Gasteiger charge is -2.00. The Morgan fingerprint density at radius 3 is 3.13 bits per heavy atom. The van der Waals surface area contributed by atoms with Crippen LogP contribution in [-0.4, -0.2) is 17.6 Å². The SMILES string of the molecule is C#CCOC(=O)c1ccc2[nH]ccc2c1. The van der Waals surface area contributed by atoms with Crippen molar-refractivity contribution in [2.24, 2.45) is 0 Å². The van der Waals surface area contributed by atoms with E-state index >= 15 is 0 Å². The molecule has 15 heavy (non-hydrogen) atoms. The summed E-state index contributed by atoms with van der Waals surface area (Å²) in [6.45, 7) is 0.00398. The van der Waals surface area contributed by atoms with Crippen LogP contribution in [0.1, 0.15) is 10.4 Å². The predicted octanol–water partition coefficient (Wildman–Crippen LogP) is 1.96. The van der Waals surface area contributed by atoms with E-state index in [2.05, 4.69) is 10.9 Å². The molecule has 1 aromatic heterocycles. The van der Waals surface area contributed by atoms with E-state index in [1.807, 2.05) is 18.3 Å². The Bertz CT molecular complexity index is 534. The zero-order chi connectivity index (χ0) is 10.7. The number of aromatic nitrogens is 1. The van der Waals surface area contributed by atoms with Crippen molar-refractivity contribution < 1.29 is 9.53 Å². The van der Waals surface area contributed by atoms with Gasteiger partial charge in [0.05, 0.1) is 5.56 Å². The summed E-state index contributed by atoms with van der Waals surface area (Å²) >= 11 is 0. The second-order valence-corrected chi connectivity index (χ2v) is 3.06. The molecule has 0 spiro atoms. The Balaban J connectivity index is 2.28. The van der Waals surface area contributed by atoms with Crippen molar-refractivity contribution in [2.75, 3.05) is 6.61 Å². The van der Waals surface area contributed by atoms with Gasteiger partial charge >= 0.3 is 5.97 Å². The van der Waals surface area contributed by atoms with Gasteiger partial charge in [0.15, 0.2) is 6.61 Å². The van der Waals surface area contributed by atoms with Crippen molar-refractivity contribution in [3.8, 4) is 12.3 Å². The number of carbonyl (C=O) groups is 1. The highest BCUT2D eigenvalue weighted by Gasteiger charge is 2.06. The number of terminal acetylenes is 1. The standard InChI is InChI=1S/C12H9NO2/c1-2-7-15-12(14)10-3-4-11-9(8-10)5-6-13-11/h1,3-6,8,13H,7H2. The van der Waals surface area contributed by atoms with E-state index in [9.17, 15) is 4.79 Å². The molecule has 3 nitrogen and oxygen atoms in total. The van der Waals surface area contributed by atoms with Crippen molar-refractivity contribution in [1.82, 2.24) is 4.98 Å². The van der Waals surface area contributed by atoms with Crippen LogP contribution in [0, 0.1) is 12.3 Å². The third kappa shape index (κ3) is 1.84. The summed E-state index contributed by atoms with van der Waals surface area (Å²) in [7, 11) is 0. The van der Waals surface area contributed by atoms with Gasteiger partial charge in [0, 0.05) is 17.1 Å². The molecule has 2 rings (SSSR count). The number of ether oxygens (including phenoxy) is 1. The van der Waals surface area contributed by atoms with E-state index in [0.29, 0.717) is 5.56 Å². The third-order valence-electron chi connectivity index (χ3n) is 2.08. The second kappa shape index (κ2) is 3.89. The van der Waals surface area contributed by atoms with Crippen LogP contribution in [0.25, 0.3) is 10.9 Å². The summed E-state index contributed by atoms with van der Waals surface area (Å²) in [5.41, 5.74) is 1.50. The number of hydrogen-bond donors (Lipinski definition) is 1.